The number of aromatic nitrogens is 1. The minimum Gasteiger partial charge on any atom is -0.507 e. The van der Waals surface area contributed by atoms with E-state index in [9.17, 15) is 5.11 Å². The lowest BCUT2D eigenvalue weighted by atomic mass is 10.2. The van der Waals surface area contributed by atoms with Crippen LogP contribution in [0, 0.1) is 0 Å². The molecule has 0 aliphatic carbocycles. The first-order valence-corrected chi connectivity index (χ1v) is 4.56. The van der Waals surface area contributed by atoms with Gasteiger partial charge in [0, 0.05) is 11.6 Å². The summed E-state index contributed by atoms with van der Waals surface area (Å²) in [4.78, 5) is 5.22. The summed E-state index contributed by atoms with van der Waals surface area (Å²) in [5.41, 5.74) is 6.90. The van der Waals surface area contributed by atoms with Crippen LogP contribution in [0.4, 0.5) is 5.69 Å². The third-order valence-electron chi connectivity index (χ3n) is 2.14. The normalized spacial score (nSPS) is 10.7. The molecule has 0 unspecified atom stereocenters. The second-order valence-corrected chi connectivity index (χ2v) is 3.13. The van der Waals surface area contributed by atoms with E-state index in [1.165, 1.54) is 10.8 Å². The number of aliphatic hydroxyl groups is 1. The monoisotopic (exact) mass is 208 g/mol. The van der Waals surface area contributed by atoms with E-state index < -0.39 is 0 Å². The summed E-state index contributed by atoms with van der Waals surface area (Å²) < 4.78 is 1.45. The van der Waals surface area contributed by atoms with Gasteiger partial charge in [0.15, 0.2) is 0 Å². The molecule has 0 fully saturated rings. The van der Waals surface area contributed by atoms with Crippen LogP contribution < -0.4 is 10.6 Å². The van der Waals surface area contributed by atoms with E-state index in [0.29, 0.717) is 16.6 Å². The Labute approximate surface area is 86.3 Å². The van der Waals surface area contributed by atoms with E-state index in [-0.39, 0.29) is 19.0 Å². The van der Waals surface area contributed by atoms with Crippen molar-refractivity contribution in [2.45, 2.75) is 0 Å². The lowest BCUT2D eigenvalue weighted by Gasteiger charge is -2.08. The maximum absolute atomic E-state index is 9.56. The fourth-order valence-electron chi connectivity index (χ4n) is 1.49. The summed E-state index contributed by atoms with van der Waals surface area (Å²) in [6.45, 7) is 0.108. The van der Waals surface area contributed by atoms with Crippen molar-refractivity contribution in [3.63, 3.8) is 0 Å². The van der Waals surface area contributed by atoms with Crippen LogP contribution in [0.5, 0.6) is 5.75 Å². The molecule has 0 spiro atoms. The molecule has 1 aromatic carbocycles. The molecule has 0 bridgehead atoms. The number of nitrogens with zero attached hydrogens (tertiary/aromatic N) is 1. The van der Waals surface area contributed by atoms with Crippen molar-refractivity contribution in [2.75, 3.05) is 18.9 Å². The minimum atomic E-state index is -0.0710. The number of benzene rings is 1. The van der Waals surface area contributed by atoms with Crippen LogP contribution in [0.15, 0.2) is 24.4 Å². The molecule has 4 N–H and O–H groups in total. The number of phenols is 1. The molecule has 5 heteroatoms. The van der Waals surface area contributed by atoms with Crippen molar-refractivity contribution in [2.24, 2.45) is 0 Å². The molecule has 1 aromatic heterocycles. The van der Waals surface area contributed by atoms with E-state index in [2.05, 4.69) is 0 Å². The van der Waals surface area contributed by atoms with Crippen LogP contribution in [-0.2, 0) is 0 Å². The number of aromatic hydroxyl groups is 1. The van der Waals surface area contributed by atoms with Crippen molar-refractivity contribution in [3.8, 4) is 5.75 Å². The second-order valence-electron chi connectivity index (χ2n) is 3.13. The molecule has 2 rings (SSSR count). The van der Waals surface area contributed by atoms with Gasteiger partial charge in [-0.15, -0.1) is 0 Å². The molecule has 0 saturated carbocycles. The highest BCUT2D eigenvalue weighted by Gasteiger charge is 2.08. The first-order chi connectivity index (χ1) is 7.24. The number of hydrogen-bond acceptors (Lipinski definition) is 4. The van der Waals surface area contributed by atoms with E-state index in [4.69, 9.17) is 15.7 Å². The summed E-state index contributed by atoms with van der Waals surface area (Å²) in [5.74, 6) is 0.158. The number of hydrogen-bond donors (Lipinski definition) is 3. The highest BCUT2D eigenvalue weighted by molar-refractivity contribution is 5.94. The van der Waals surface area contributed by atoms with Crippen molar-refractivity contribution in [1.82, 2.24) is 4.73 Å². The number of nitrogen functional groups attached to an aromatic ring is 1. The van der Waals surface area contributed by atoms with E-state index >= 15 is 0 Å². The van der Waals surface area contributed by atoms with Crippen LogP contribution in [-0.4, -0.2) is 28.2 Å². The zero-order valence-corrected chi connectivity index (χ0v) is 8.05. The van der Waals surface area contributed by atoms with Gasteiger partial charge in [0.05, 0.1) is 12.3 Å². The standard InChI is InChI=1S/C10H12N2O3/c11-8-1-2-9(14)7-3-4-12(10(7)8)15-6-5-13/h1-4,13-14H,5-6,11H2. The summed E-state index contributed by atoms with van der Waals surface area (Å²) >= 11 is 0. The lowest BCUT2D eigenvalue weighted by Crippen LogP contribution is -2.14. The minimum absolute atomic E-state index is 0.0710. The van der Waals surface area contributed by atoms with Gasteiger partial charge in [-0.1, -0.05) is 0 Å². The number of rotatable bonds is 3. The smallest absolute Gasteiger partial charge is 0.138 e. The number of anilines is 1. The van der Waals surface area contributed by atoms with Gasteiger partial charge in [0.1, 0.15) is 17.9 Å². The van der Waals surface area contributed by atoms with Crippen molar-refractivity contribution < 1.29 is 15.1 Å². The molecule has 0 aliphatic heterocycles. The van der Waals surface area contributed by atoms with E-state index in [1.807, 2.05) is 0 Å². The lowest BCUT2D eigenvalue weighted by molar-refractivity contribution is 0.0833. The first kappa shape index (κ1) is 9.67. The summed E-state index contributed by atoms with van der Waals surface area (Å²) in [7, 11) is 0. The molecule has 1 heterocycles. The van der Waals surface area contributed by atoms with Gasteiger partial charge in [-0.3, -0.25) is 0 Å². The zero-order chi connectivity index (χ0) is 10.8. The van der Waals surface area contributed by atoms with Gasteiger partial charge in [-0.25, -0.2) is 0 Å². The second kappa shape index (κ2) is 3.70. The fourth-order valence-corrected chi connectivity index (χ4v) is 1.49. The van der Waals surface area contributed by atoms with Crippen LogP contribution in [0.2, 0.25) is 0 Å². The third kappa shape index (κ3) is 1.57. The molecular formula is C10H12N2O3. The van der Waals surface area contributed by atoms with Gasteiger partial charge >= 0.3 is 0 Å². The topological polar surface area (TPSA) is 80.6 Å². The average Bonchev–Trinajstić information content (AvgIpc) is 2.65. The van der Waals surface area contributed by atoms with Crippen LogP contribution in [0.25, 0.3) is 10.9 Å². The number of aliphatic hydroxyl groups excluding tert-OH is 1. The highest BCUT2D eigenvalue weighted by atomic mass is 16.7. The van der Waals surface area contributed by atoms with Crippen molar-refractivity contribution in [3.05, 3.63) is 24.4 Å². The summed E-state index contributed by atoms with van der Waals surface area (Å²) in [6, 6.07) is 4.85. The first-order valence-electron chi connectivity index (χ1n) is 4.56. The van der Waals surface area contributed by atoms with Crippen molar-refractivity contribution in [1.29, 1.82) is 0 Å². The predicted octanol–water partition coefficient (Wildman–Crippen LogP) is 0.350. The highest BCUT2D eigenvalue weighted by Crippen LogP contribution is 2.29. The average molecular weight is 208 g/mol. The van der Waals surface area contributed by atoms with Crippen molar-refractivity contribution >= 4 is 16.6 Å². The molecular weight excluding hydrogens is 196 g/mol. The van der Waals surface area contributed by atoms with Gasteiger partial charge in [0.25, 0.3) is 0 Å². The summed E-state index contributed by atoms with van der Waals surface area (Å²) in [5, 5.41) is 18.8. The molecule has 0 amide bonds. The molecule has 0 aliphatic rings. The van der Waals surface area contributed by atoms with E-state index in [0.717, 1.165) is 0 Å². The maximum Gasteiger partial charge on any atom is 0.138 e. The number of phenolic OH excluding ortho intramolecular Hbond substituents is 1. The molecule has 80 valence electrons. The Bertz CT molecular complexity index is 479. The van der Waals surface area contributed by atoms with Gasteiger partial charge in [-0.05, 0) is 18.2 Å². The van der Waals surface area contributed by atoms with Gasteiger partial charge < -0.3 is 20.8 Å². The fraction of sp³-hybridized carbons (Fsp3) is 0.200. The largest absolute Gasteiger partial charge is 0.507 e. The Morgan fingerprint density at radius 1 is 1.33 bits per heavy atom. The Morgan fingerprint density at radius 2 is 2.13 bits per heavy atom. The van der Waals surface area contributed by atoms with Crippen LogP contribution in [0.3, 0.4) is 0 Å². The molecule has 0 radical (unpaired) electrons. The molecule has 0 atom stereocenters. The van der Waals surface area contributed by atoms with Crippen LogP contribution in [0.1, 0.15) is 0 Å². The predicted molar refractivity (Wildman–Crippen MR) is 56.5 cm³/mol. The Hall–Kier alpha value is -1.88. The SMILES string of the molecule is Nc1ccc(O)c2ccn(OCCO)c12. The maximum atomic E-state index is 9.56. The van der Waals surface area contributed by atoms with Crippen LogP contribution >= 0.6 is 0 Å². The number of nitrogens with two attached hydrogens (primary N) is 1. The van der Waals surface area contributed by atoms with Gasteiger partial charge in [0.2, 0.25) is 0 Å². The molecule has 0 saturated heterocycles. The molecule has 2 aromatic rings. The Morgan fingerprint density at radius 3 is 2.87 bits per heavy atom. The number of fused-ring (bicyclic) bond motifs is 1. The Balaban J connectivity index is 2.53. The molecule has 15 heavy (non-hydrogen) atoms. The molecule has 5 nitrogen and oxygen atoms in total. The van der Waals surface area contributed by atoms with Gasteiger partial charge in [-0.2, -0.15) is 4.73 Å². The quantitative estimate of drug-likeness (QED) is 0.502. The van der Waals surface area contributed by atoms with E-state index in [1.54, 1.807) is 18.3 Å². The Kier molecular flexibility index (Phi) is 2.39. The summed E-state index contributed by atoms with van der Waals surface area (Å²) in [6.07, 6.45) is 1.65. The zero-order valence-electron chi connectivity index (χ0n) is 8.05. The third-order valence-corrected chi connectivity index (χ3v) is 2.14.